The molecule has 0 unspecified atom stereocenters. The van der Waals surface area contributed by atoms with E-state index in [-0.39, 0.29) is 20.6 Å². The zero-order valence-corrected chi connectivity index (χ0v) is 11.0. The maximum atomic E-state index is 13.6. The predicted octanol–water partition coefficient (Wildman–Crippen LogP) is 5.27. The number of hydrogen-bond donors (Lipinski definition) is 0. The number of halogens is 7. The van der Waals surface area contributed by atoms with Crippen LogP contribution in [-0.2, 0) is 0 Å². The largest absolute Gasteiger partial charge is 0.252 e. The molecule has 0 aliphatic carbocycles. The van der Waals surface area contributed by atoms with Crippen LogP contribution in [0.1, 0.15) is 0 Å². The van der Waals surface area contributed by atoms with Crippen LogP contribution in [0.25, 0.3) is 11.1 Å². The van der Waals surface area contributed by atoms with Crippen LogP contribution in [0, 0.1) is 23.5 Å². The van der Waals surface area contributed by atoms with Gasteiger partial charge in [-0.2, -0.15) is 13.8 Å². The Labute approximate surface area is 119 Å². The van der Waals surface area contributed by atoms with Crippen molar-refractivity contribution in [1.82, 2.24) is 4.98 Å². The predicted molar refractivity (Wildman–Crippen MR) is 64.5 cm³/mol. The summed E-state index contributed by atoms with van der Waals surface area (Å²) in [5.41, 5.74) is -1.32. The summed E-state index contributed by atoms with van der Waals surface area (Å²) in [5.74, 6) is -6.90. The van der Waals surface area contributed by atoms with Crippen molar-refractivity contribution in [3.8, 4) is 11.1 Å². The molecule has 0 saturated carbocycles. The Morgan fingerprint density at radius 2 is 1.32 bits per heavy atom. The van der Waals surface area contributed by atoms with Crippen molar-refractivity contribution in [3.63, 3.8) is 0 Å². The minimum Gasteiger partial charge on any atom is -0.201 e. The average Bonchev–Trinajstić information content (AvgIpc) is 2.36. The van der Waals surface area contributed by atoms with E-state index >= 15 is 0 Å². The van der Waals surface area contributed by atoms with E-state index in [2.05, 4.69) is 4.98 Å². The van der Waals surface area contributed by atoms with Crippen molar-refractivity contribution in [1.29, 1.82) is 0 Å². The summed E-state index contributed by atoms with van der Waals surface area (Å²) in [4.78, 5) is 2.44. The number of rotatable bonds is 1. The van der Waals surface area contributed by atoms with Crippen molar-refractivity contribution in [2.24, 2.45) is 0 Å². The van der Waals surface area contributed by atoms with Crippen LogP contribution < -0.4 is 0 Å². The van der Waals surface area contributed by atoms with E-state index in [1.54, 1.807) is 0 Å². The maximum Gasteiger partial charge on any atom is 0.252 e. The molecular formula is C11H2Cl3F4N. The Hall–Kier alpha value is -1.04. The lowest BCUT2D eigenvalue weighted by Gasteiger charge is -2.10. The molecule has 0 aliphatic rings. The Kier molecular flexibility index (Phi) is 3.90. The third-order valence-corrected chi connectivity index (χ3v) is 3.60. The first kappa shape index (κ1) is 14.4. The van der Waals surface area contributed by atoms with Crippen LogP contribution in [0.3, 0.4) is 0 Å². The summed E-state index contributed by atoms with van der Waals surface area (Å²) < 4.78 is 53.2. The van der Waals surface area contributed by atoms with Crippen molar-refractivity contribution in [2.45, 2.75) is 0 Å². The van der Waals surface area contributed by atoms with Crippen LogP contribution in [0.5, 0.6) is 0 Å². The Morgan fingerprint density at radius 3 is 1.84 bits per heavy atom. The fourth-order valence-corrected chi connectivity index (χ4v) is 2.07. The van der Waals surface area contributed by atoms with E-state index in [9.17, 15) is 17.6 Å². The van der Waals surface area contributed by atoms with E-state index in [0.717, 1.165) is 6.07 Å². The zero-order chi connectivity index (χ0) is 14.3. The number of aromatic nitrogens is 1. The molecule has 19 heavy (non-hydrogen) atoms. The van der Waals surface area contributed by atoms with Gasteiger partial charge in [-0.15, -0.1) is 0 Å². The second kappa shape index (κ2) is 5.15. The van der Waals surface area contributed by atoms with Crippen molar-refractivity contribution in [3.05, 3.63) is 50.7 Å². The van der Waals surface area contributed by atoms with Gasteiger partial charge in [0.15, 0.2) is 11.6 Å². The molecular weight excluding hydrogens is 328 g/mol. The van der Waals surface area contributed by atoms with Gasteiger partial charge in [0.1, 0.15) is 0 Å². The molecule has 0 radical (unpaired) electrons. The molecule has 0 bridgehead atoms. The van der Waals surface area contributed by atoms with E-state index in [4.69, 9.17) is 34.8 Å². The van der Waals surface area contributed by atoms with Crippen molar-refractivity contribution >= 4 is 34.8 Å². The fraction of sp³-hybridized carbons (Fsp3) is 0. The molecule has 0 aliphatic heterocycles. The standard InChI is InChI=1S/C11H2Cl3F4N/c12-4-2-1-3(6(13)7(4)14)5-8(15)10(17)19-11(18)9(5)16/h1-2H. The molecule has 0 amide bonds. The van der Waals surface area contributed by atoms with Crippen molar-refractivity contribution < 1.29 is 17.6 Å². The number of benzene rings is 1. The molecule has 0 N–H and O–H groups in total. The fourth-order valence-electron chi connectivity index (χ4n) is 1.44. The van der Waals surface area contributed by atoms with E-state index in [1.807, 2.05) is 0 Å². The topological polar surface area (TPSA) is 12.9 Å². The molecule has 2 rings (SSSR count). The quantitative estimate of drug-likeness (QED) is 0.394. The molecule has 1 aromatic heterocycles. The lowest BCUT2D eigenvalue weighted by atomic mass is 10.1. The number of pyridine rings is 1. The summed E-state index contributed by atoms with van der Waals surface area (Å²) in [6.45, 7) is 0. The van der Waals surface area contributed by atoms with Crippen molar-refractivity contribution in [2.75, 3.05) is 0 Å². The molecule has 1 aromatic carbocycles. The van der Waals surface area contributed by atoms with Gasteiger partial charge >= 0.3 is 0 Å². The normalized spacial score (nSPS) is 10.9. The molecule has 8 heteroatoms. The van der Waals surface area contributed by atoms with E-state index in [0.29, 0.717) is 0 Å². The van der Waals surface area contributed by atoms with Gasteiger partial charge in [-0.05, 0) is 6.07 Å². The SMILES string of the molecule is Fc1nc(F)c(F)c(-c2ccc(Cl)c(Cl)c2Cl)c1F. The second-order valence-corrected chi connectivity index (χ2v) is 4.58. The van der Waals surface area contributed by atoms with Crippen LogP contribution >= 0.6 is 34.8 Å². The highest BCUT2D eigenvalue weighted by Crippen LogP contribution is 2.40. The van der Waals surface area contributed by atoms with Crippen LogP contribution in [-0.4, -0.2) is 4.98 Å². The van der Waals surface area contributed by atoms with Gasteiger partial charge in [0.2, 0.25) is 0 Å². The molecule has 1 nitrogen and oxygen atoms in total. The smallest absolute Gasteiger partial charge is 0.201 e. The highest BCUT2D eigenvalue weighted by atomic mass is 35.5. The van der Waals surface area contributed by atoms with Gasteiger partial charge in [0.05, 0.1) is 20.6 Å². The maximum absolute atomic E-state index is 13.6. The monoisotopic (exact) mass is 329 g/mol. The van der Waals surface area contributed by atoms with Crippen LogP contribution in [0.4, 0.5) is 17.6 Å². The molecule has 0 saturated heterocycles. The third kappa shape index (κ3) is 2.38. The van der Waals surface area contributed by atoms with E-state index in [1.165, 1.54) is 6.07 Å². The van der Waals surface area contributed by atoms with Gasteiger partial charge in [0.25, 0.3) is 11.9 Å². The van der Waals surface area contributed by atoms with Crippen LogP contribution in [0.2, 0.25) is 15.1 Å². The lowest BCUT2D eigenvalue weighted by molar-refractivity contribution is 0.410. The Bertz CT molecular complexity index is 649. The minimum atomic E-state index is -1.78. The summed E-state index contributed by atoms with van der Waals surface area (Å²) in [7, 11) is 0. The third-order valence-electron chi connectivity index (χ3n) is 2.30. The first-order chi connectivity index (χ1) is 8.84. The zero-order valence-electron chi connectivity index (χ0n) is 8.75. The summed E-state index contributed by atoms with van der Waals surface area (Å²) >= 11 is 17.1. The molecule has 0 atom stereocenters. The summed E-state index contributed by atoms with van der Waals surface area (Å²) in [6.07, 6.45) is 0. The van der Waals surface area contributed by atoms with E-state index < -0.39 is 29.1 Å². The summed E-state index contributed by atoms with van der Waals surface area (Å²) in [5, 5.41) is -0.472. The minimum absolute atomic E-state index is 0.0335. The average molecular weight is 330 g/mol. The van der Waals surface area contributed by atoms with Gasteiger partial charge in [-0.25, -0.2) is 8.78 Å². The summed E-state index contributed by atoms with van der Waals surface area (Å²) in [6, 6.07) is 2.29. The van der Waals surface area contributed by atoms with Gasteiger partial charge in [-0.1, -0.05) is 40.9 Å². The van der Waals surface area contributed by atoms with Gasteiger partial charge in [-0.3, -0.25) is 0 Å². The second-order valence-electron chi connectivity index (χ2n) is 3.42. The molecule has 1 heterocycles. The molecule has 0 fully saturated rings. The molecule has 2 aromatic rings. The van der Waals surface area contributed by atoms with Crippen LogP contribution in [0.15, 0.2) is 12.1 Å². The Balaban J connectivity index is 2.83. The first-order valence-corrected chi connectivity index (χ1v) is 5.81. The number of hydrogen-bond acceptors (Lipinski definition) is 1. The highest BCUT2D eigenvalue weighted by molar-refractivity contribution is 6.49. The van der Waals surface area contributed by atoms with Gasteiger partial charge in [0, 0.05) is 5.56 Å². The molecule has 100 valence electrons. The van der Waals surface area contributed by atoms with Gasteiger partial charge < -0.3 is 0 Å². The number of nitrogens with zero attached hydrogens (tertiary/aromatic N) is 1. The first-order valence-electron chi connectivity index (χ1n) is 4.68. The molecule has 0 spiro atoms. The highest BCUT2D eigenvalue weighted by Gasteiger charge is 2.24. The lowest BCUT2D eigenvalue weighted by Crippen LogP contribution is -2.03. The Morgan fingerprint density at radius 1 is 0.789 bits per heavy atom.